The normalized spacial score (nSPS) is 11.5. The first-order valence-electron chi connectivity index (χ1n) is 22.3. The monoisotopic (exact) mass is 832 g/mol. The van der Waals surface area contributed by atoms with Gasteiger partial charge in [-0.15, -0.1) is 0 Å². The molecule has 0 atom stereocenters. The van der Waals surface area contributed by atoms with Crippen LogP contribution in [0.2, 0.25) is 0 Å². The third-order valence-electron chi connectivity index (χ3n) is 12.8. The molecule has 0 aliphatic heterocycles. The van der Waals surface area contributed by atoms with Crippen molar-refractivity contribution < 1.29 is 0 Å². The van der Waals surface area contributed by atoms with E-state index in [2.05, 4.69) is 275 Å². The third-order valence-corrected chi connectivity index (χ3v) is 12.8. The maximum atomic E-state index is 2.37. The first-order valence-corrected chi connectivity index (χ1v) is 22.3. The first-order chi connectivity index (χ1) is 32.2. The van der Waals surface area contributed by atoms with E-state index in [-0.39, 0.29) is 0 Å². The van der Waals surface area contributed by atoms with Crippen molar-refractivity contribution in [3.05, 3.63) is 254 Å². The smallest absolute Gasteiger partial charge is 0.0542 e. The second-order valence-electron chi connectivity index (χ2n) is 16.7. The van der Waals surface area contributed by atoms with E-state index in [9.17, 15) is 0 Å². The Kier molecular flexibility index (Phi) is 9.35. The Balaban J connectivity index is 0.917. The molecule has 2 aromatic heterocycles. The lowest BCUT2D eigenvalue weighted by molar-refractivity contribution is 1.18. The van der Waals surface area contributed by atoms with Gasteiger partial charge in [0, 0.05) is 67.0 Å². The number of aryl methyl sites for hydroxylation is 1. The summed E-state index contributed by atoms with van der Waals surface area (Å²) >= 11 is 0. The first kappa shape index (κ1) is 38.1. The van der Waals surface area contributed by atoms with Crippen LogP contribution in [0.5, 0.6) is 0 Å². The second kappa shape index (κ2) is 15.9. The molecule has 4 heteroatoms. The number of aromatic nitrogens is 2. The Labute approximate surface area is 378 Å². The number of rotatable bonds is 9. The van der Waals surface area contributed by atoms with Crippen LogP contribution >= 0.6 is 0 Å². The third kappa shape index (κ3) is 6.63. The van der Waals surface area contributed by atoms with Gasteiger partial charge in [0.05, 0.1) is 22.1 Å². The average Bonchev–Trinajstić information content (AvgIpc) is 3.88. The zero-order chi connectivity index (χ0) is 43.3. The van der Waals surface area contributed by atoms with E-state index in [1.165, 1.54) is 60.3 Å². The van der Waals surface area contributed by atoms with Gasteiger partial charge in [0.25, 0.3) is 0 Å². The molecule has 0 N–H and O–H groups in total. The van der Waals surface area contributed by atoms with Gasteiger partial charge in [0.1, 0.15) is 0 Å². The highest BCUT2D eigenvalue weighted by Gasteiger charge is 2.20. The second-order valence-corrected chi connectivity index (χ2v) is 16.7. The van der Waals surface area contributed by atoms with Crippen molar-refractivity contribution >= 4 is 77.7 Å². The Morgan fingerprint density at radius 1 is 0.277 bits per heavy atom. The standard InChI is InChI=1S/C61H44N4/c1-43-40-50(63(46-20-8-3-9-21-46)52-36-39-61-57(42-52)55-27-15-17-29-59(55)65(61)48-24-12-5-13-25-48)34-37-53(43)44-30-32-49(33-31-44)62(45-18-6-2-7-19-45)51-35-38-60-56(41-51)54-26-14-16-28-58(54)64(60)47-22-10-4-11-23-47/h2-42H,1H3. The molecule has 12 rings (SSSR count). The number of benzene rings is 10. The van der Waals surface area contributed by atoms with Crippen LogP contribution in [0.25, 0.3) is 66.1 Å². The minimum atomic E-state index is 1.10. The molecule has 0 spiro atoms. The fourth-order valence-electron chi connectivity index (χ4n) is 9.86. The van der Waals surface area contributed by atoms with Gasteiger partial charge in [0.2, 0.25) is 0 Å². The highest BCUT2D eigenvalue weighted by atomic mass is 15.1. The average molecular weight is 833 g/mol. The number of hydrogen-bond donors (Lipinski definition) is 0. The van der Waals surface area contributed by atoms with Gasteiger partial charge < -0.3 is 18.9 Å². The summed E-state index contributed by atoms with van der Waals surface area (Å²) in [7, 11) is 0. The molecular weight excluding hydrogens is 789 g/mol. The lowest BCUT2D eigenvalue weighted by Crippen LogP contribution is -2.10. The predicted octanol–water partition coefficient (Wildman–Crippen LogP) is 16.8. The summed E-state index contributed by atoms with van der Waals surface area (Å²) in [5.41, 5.74) is 17.3. The Bertz CT molecular complexity index is 3650. The van der Waals surface area contributed by atoms with E-state index >= 15 is 0 Å². The van der Waals surface area contributed by atoms with Crippen LogP contribution in [0.4, 0.5) is 34.1 Å². The molecule has 0 fully saturated rings. The van der Waals surface area contributed by atoms with Gasteiger partial charge >= 0.3 is 0 Å². The van der Waals surface area contributed by atoms with E-state index in [0.717, 1.165) is 45.5 Å². The molecule has 4 nitrogen and oxygen atoms in total. The topological polar surface area (TPSA) is 16.3 Å². The summed E-state index contributed by atoms with van der Waals surface area (Å²) in [4.78, 5) is 4.74. The summed E-state index contributed by atoms with van der Waals surface area (Å²) in [6.07, 6.45) is 0. The van der Waals surface area contributed by atoms with Crippen molar-refractivity contribution in [2.45, 2.75) is 6.92 Å². The lowest BCUT2D eigenvalue weighted by Gasteiger charge is -2.27. The fourth-order valence-corrected chi connectivity index (χ4v) is 9.86. The summed E-state index contributed by atoms with van der Waals surface area (Å²) in [5.74, 6) is 0. The van der Waals surface area contributed by atoms with Gasteiger partial charge in [-0.3, -0.25) is 0 Å². The summed E-state index contributed by atoms with van der Waals surface area (Å²) in [6.45, 7) is 2.23. The summed E-state index contributed by atoms with van der Waals surface area (Å²) in [5, 5.41) is 4.91. The highest BCUT2D eigenvalue weighted by Crippen LogP contribution is 2.43. The Morgan fingerprint density at radius 2 is 0.631 bits per heavy atom. The van der Waals surface area contributed by atoms with Crippen molar-refractivity contribution in [3.63, 3.8) is 0 Å². The van der Waals surface area contributed by atoms with E-state index in [4.69, 9.17) is 0 Å². The summed E-state index contributed by atoms with van der Waals surface area (Å²) < 4.78 is 4.74. The Morgan fingerprint density at radius 3 is 1.11 bits per heavy atom. The molecule has 12 aromatic rings. The molecule has 65 heavy (non-hydrogen) atoms. The maximum absolute atomic E-state index is 2.37. The molecule has 0 unspecified atom stereocenters. The van der Waals surface area contributed by atoms with E-state index in [1.54, 1.807) is 0 Å². The van der Waals surface area contributed by atoms with Crippen molar-refractivity contribution in [1.82, 2.24) is 9.13 Å². The number of fused-ring (bicyclic) bond motifs is 6. The lowest BCUT2D eigenvalue weighted by atomic mass is 9.98. The van der Waals surface area contributed by atoms with Crippen LogP contribution < -0.4 is 9.80 Å². The molecule has 0 aliphatic carbocycles. The molecule has 308 valence electrons. The minimum Gasteiger partial charge on any atom is -0.310 e. The molecule has 0 aliphatic rings. The van der Waals surface area contributed by atoms with Crippen LogP contribution in [0.3, 0.4) is 0 Å². The van der Waals surface area contributed by atoms with Crippen molar-refractivity contribution in [2.75, 3.05) is 9.80 Å². The zero-order valence-corrected chi connectivity index (χ0v) is 36.0. The van der Waals surface area contributed by atoms with Gasteiger partial charge in [-0.25, -0.2) is 0 Å². The zero-order valence-electron chi connectivity index (χ0n) is 36.0. The molecule has 10 aromatic carbocycles. The van der Waals surface area contributed by atoms with Crippen molar-refractivity contribution in [2.24, 2.45) is 0 Å². The van der Waals surface area contributed by atoms with E-state index in [1.807, 2.05) is 0 Å². The molecule has 2 heterocycles. The molecule has 0 amide bonds. The molecule has 0 radical (unpaired) electrons. The molecule has 0 saturated heterocycles. The van der Waals surface area contributed by atoms with Gasteiger partial charge in [0.15, 0.2) is 0 Å². The van der Waals surface area contributed by atoms with E-state index < -0.39 is 0 Å². The van der Waals surface area contributed by atoms with Crippen LogP contribution in [0, 0.1) is 6.92 Å². The Hall–Kier alpha value is -8.60. The van der Waals surface area contributed by atoms with Crippen molar-refractivity contribution in [3.8, 4) is 22.5 Å². The predicted molar refractivity (Wildman–Crippen MR) is 275 cm³/mol. The maximum Gasteiger partial charge on any atom is 0.0542 e. The van der Waals surface area contributed by atoms with Crippen LogP contribution in [0.15, 0.2) is 249 Å². The number of hydrogen-bond acceptors (Lipinski definition) is 2. The molecule has 0 bridgehead atoms. The summed E-state index contributed by atoms with van der Waals surface area (Å²) in [6, 6.07) is 89.7. The largest absolute Gasteiger partial charge is 0.310 e. The number of anilines is 6. The van der Waals surface area contributed by atoms with Gasteiger partial charge in [-0.1, -0.05) is 127 Å². The van der Waals surface area contributed by atoms with Crippen LogP contribution in [-0.4, -0.2) is 9.13 Å². The van der Waals surface area contributed by atoms with Crippen molar-refractivity contribution in [1.29, 1.82) is 0 Å². The highest BCUT2D eigenvalue weighted by molar-refractivity contribution is 6.12. The minimum absolute atomic E-state index is 1.10. The van der Waals surface area contributed by atoms with Crippen LogP contribution in [0.1, 0.15) is 5.56 Å². The quantitative estimate of drug-likeness (QED) is 0.144. The van der Waals surface area contributed by atoms with Gasteiger partial charge in [-0.05, 0) is 145 Å². The number of para-hydroxylation sites is 6. The molecule has 0 saturated carbocycles. The SMILES string of the molecule is Cc1cc(N(c2ccccc2)c2ccc3c(c2)c2ccccc2n3-c2ccccc2)ccc1-c1ccc(N(c2ccccc2)c2ccc3c(c2)c2ccccc2n3-c2ccccc2)cc1. The van der Waals surface area contributed by atoms with Gasteiger partial charge in [-0.2, -0.15) is 0 Å². The molecular formula is C61H44N4. The fraction of sp³-hybridized carbons (Fsp3) is 0.0164. The van der Waals surface area contributed by atoms with E-state index in [0.29, 0.717) is 0 Å². The van der Waals surface area contributed by atoms with Crippen LogP contribution in [-0.2, 0) is 0 Å². The number of nitrogens with zero attached hydrogens (tertiary/aromatic N) is 4.